The van der Waals surface area contributed by atoms with Crippen molar-refractivity contribution in [2.24, 2.45) is 11.7 Å². The fourth-order valence-electron chi connectivity index (χ4n) is 4.86. The predicted molar refractivity (Wildman–Crippen MR) is 164 cm³/mol. The van der Waals surface area contributed by atoms with Gasteiger partial charge in [0.25, 0.3) is 0 Å². The van der Waals surface area contributed by atoms with Crippen molar-refractivity contribution >= 4 is 17.6 Å². The molecule has 0 aliphatic carbocycles. The first-order chi connectivity index (χ1) is 19.3. The van der Waals surface area contributed by atoms with Gasteiger partial charge < -0.3 is 16.2 Å². The van der Waals surface area contributed by atoms with E-state index in [-0.39, 0.29) is 30.5 Å². The van der Waals surface area contributed by atoms with E-state index in [1.807, 2.05) is 13.8 Å². The van der Waals surface area contributed by atoms with Crippen LogP contribution in [0.3, 0.4) is 0 Å². The Morgan fingerprint density at radius 2 is 1.23 bits per heavy atom. The highest BCUT2D eigenvalue weighted by Crippen LogP contribution is 2.16. The van der Waals surface area contributed by atoms with E-state index in [0.29, 0.717) is 0 Å². The number of rotatable bonds is 25. The maximum atomic E-state index is 12.5. The minimum Gasteiger partial charge on any atom is -0.444 e. The fraction of sp³-hybridized carbons (Fsp3) is 0.812. The molecule has 0 aliphatic rings. The summed E-state index contributed by atoms with van der Waals surface area (Å²) < 4.78 is 6.23. The third-order valence-electron chi connectivity index (χ3n) is 7.73. The highest BCUT2D eigenvalue weighted by molar-refractivity contribution is 6.03. The van der Waals surface area contributed by atoms with Gasteiger partial charge in [-0.25, -0.2) is 14.3 Å². The highest BCUT2D eigenvalue weighted by atomic mass is 16.5. The van der Waals surface area contributed by atoms with Crippen LogP contribution in [0.2, 0.25) is 0 Å². The summed E-state index contributed by atoms with van der Waals surface area (Å²) in [7, 11) is 0. The molecule has 1 rings (SSSR count). The number of hydrogen-bond acceptors (Lipinski definition) is 7. The number of ether oxygens (including phenoxy) is 1. The number of hydrogen-bond donors (Lipinski definition) is 2. The zero-order valence-corrected chi connectivity index (χ0v) is 25.8. The molecule has 1 aromatic heterocycles. The number of unbranched alkanes of at least 4 members (excludes halogenated alkanes) is 18. The molecule has 0 amide bonds. The maximum absolute atomic E-state index is 12.5. The molecule has 8 nitrogen and oxygen atoms in total. The Hall–Kier alpha value is -2.22. The second kappa shape index (κ2) is 22.5. The number of carbonyl (C=O) groups is 2. The summed E-state index contributed by atoms with van der Waals surface area (Å²) >= 11 is 0. The monoisotopic (exact) mass is 562 g/mol. The average Bonchev–Trinajstić information content (AvgIpc) is 2.93. The maximum Gasteiger partial charge on any atom is 0.351 e. The van der Waals surface area contributed by atoms with E-state index in [1.54, 1.807) is 0 Å². The first-order valence-corrected chi connectivity index (χ1v) is 16.1. The Balaban J connectivity index is 2.05. The van der Waals surface area contributed by atoms with E-state index >= 15 is 0 Å². The lowest BCUT2D eigenvalue weighted by Crippen LogP contribution is -2.38. The predicted octanol–water partition coefficient (Wildman–Crippen LogP) is 7.31. The van der Waals surface area contributed by atoms with Gasteiger partial charge in [-0.2, -0.15) is 0 Å². The summed E-state index contributed by atoms with van der Waals surface area (Å²) in [6, 6.07) is -0.757. The first-order valence-electron chi connectivity index (χ1n) is 16.1. The van der Waals surface area contributed by atoms with Gasteiger partial charge >= 0.3 is 11.7 Å². The van der Waals surface area contributed by atoms with Crippen molar-refractivity contribution < 1.29 is 14.3 Å². The molecule has 1 aromatic rings. The molecule has 0 saturated heterocycles. The normalized spacial score (nSPS) is 12.1. The van der Waals surface area contributed by atoms with Crippen molar-refractivity contribution in [3.63, 3.8) is 0 Å². The number of nitrogen functional groups attached to an aromatic ring is 1. The molecule has 4 N–H and O–H groups in total. The first kappa shape index (κ1) is 35.8. The van der Waals surface area contributed by atoms with Crippen LogP contribution >= 0.6 is 0 Å². The van der Waals surface area contributed by atoms with E-state index in [9.17, 15) is 14.4 Å². The van der Waals surface area contributed by atoms with Crippen LogP contribution in [0.5, 0.6) is 0 Å². The summed E-state index contributed by atoms with van der Waals surface area (Å²) in [6.45, 7) is 5.55. The lowest BCUT2D eigenvalue weighted by Gasteiger charge is -2.17. The molecular weight excluding hydrogens is 504 g/mol. The van der Waals surface area contributed by atoms with Crippen molar-refractivity contribution in [2.75, 3.05) is 5.73 Å². The van der Waals surface area contributed by atoms with E-state index < -0.39 is 23.5 Å². The fourth-order valence-corrected chi connectivity index (χ4v) is 4.86. The van der Waals surface area contributed by atoms with Gasteiger partial charge in [0.05, 0.1) is 11.6 Å². The quantitative estimate of drug-likeness (QED) is 0.0725. The SMILES string of the molecule is CCCCCCCCCCCCCCCCCCCCCC(=O)OCn1c(N)c(C(=O)[C@@H](N)C(C)C)cnc1=O. The highest BCUT2D eigenvalue weighted by Gasteiger charge is 2.23. The average molecular weight is 563 g/mol. The summed E-state index contributed by atoms with van der Waals surface area (Å²) in [5.74, 6) is -0.968. The summed E-state index contributed by atoms with van der Waals surface area (Å²) in [5.41, 5.74) is 11.3. The largest absolute Gasteiger partial charge is 0.444 e. The number of nitrogens with two attached hydrogens (primary N) is 2. The van der Waals surface area contributed by atoms with Crippen LogP contribution in [0.4, 0.5) is 5.82 Å². The zero-order chi connectivity index (χ0) is 29.6. The summed E-state index contributed by atoms with van der Waals surface area (Å²) in [5, 5.41) is 0. The third-order valence-corrected chi connectivity index (χ3v) is 7.73. The molecular formula is C32H58N4O4. The van der Waals surface area contributed by atoms with Gasteiger partial charge in [-0.05, 0) is 12.3 Å². The Labute approximate surface area is 243 Å². The Bertz CT molecular complexity index is 884. The van der Waals surface area contributed by atoms with Gasteiger partial charge in [0.1, 0.15) is 5.82 Å². The molecule has 8 heteroatoms. The minimum absolute atomic E-state index is 0.0654. The van der Waals surface area contributed by atoms with Crippen LogP contribution in [0.1, 0.15) is 160 Å². The van der Waals surface area contributed by atoms with Gasteiger partial charge in [-0.15, -0.1) is 0 Å². The van der Waals surface area contributed by atoms with Crippen molar-refractivity contribution in [3.05, 3.63) is 22.2 Å². The van der Waals surface area contributed by atoms with Crippen molar-refractivity contribution in [3.8, 4) is 0 Å². The number of nitrogens with zero attached hydrogens (tertiary/aromatic N) is 2. The van der Waals surface area contributed by atoms with E-state index in [0.717, 1.165) is 30.0 Å². The smallest absolute Gasteiger partial charge is 0.351 e. The standard InChI is InChI=1S/C32H58N4O4/c1-4-5-6-7-8-9-10-11-12-13-14-15-16-17-18-19-20-21-22-23-28(37)40-25-36-31(34)27(24-35-32(36)39)30(38)29(33)26(2)3/h24,26,29H,4-23,25,33-34H2,1-3H3/t29-/m0/s1. The molecule has 1 heterocycles. The van der Waals surface area contributed by atoms with Gasteiger partial charge in [-0.1, -0.05) is 136 Å². The molecule has 0 aliphatic heterocycles. The van der Waals surface area contributed by atoms with Crippen LogP contribution in [-0.2, 0) is 16.3 Å². The van der Waals surface area contributed by atoms with Crippen LogP contribution in [0.25, 0.3) is 0 Å². The van der Waals surface area contributed by atoms with Crippen LogP contribution < -0.4 is 17.2 Å². The lowest BCUT2D eigenvalue weighted by molar-refractivity contribution is -0.147. The molecule has 0 fully saturated rings. The Morgan fingerprint density at radius 1 is 0.800 bits per heavy atom. The third kappa shape index (κ3) is 15.5. The van der Waals surface area contributed by atoms with Crippen LogP contribution in [-0.4, -0.2) is 27.3 Å². The lowest BCUT2D eigenvalue weighted by atomic mass is 9.97. The Morgan fingerprint density at radius 3 is 1.65 bits per heavy atom. The van der Waals surface area contributed by atoms with Crippen LogP contribution in [0.15, 0.2) is 11.0 Å². The number of ketones is 1. The second-order valence-electron chi connectivity index (χ2n) is 11.7. The van der Waals surface area contributed by atoms with E-state index in [2.05, 4.69) is 11.9 Å². The molecule has 0 bridgehead atoms. The number of esters is 1. The number of carbonyl (C=O) groups excluding carboxylic acids is 2. The summed E-state index contributed by atoms with van der Waals surface area (Å²) in [4.78, 5) is 40.5. The second-order valence-corrected chi connectivity index (χ2v) is 11.7. The molecule has 230 valence electrons. The van der Waals surface area contributed by atoms with Crippen molar-refractivity contribution in [2.45, 2.75) is 162 Å². The number of anilines is 1. The van der Waals surface area contributed by atoms with Gasteiger partial charge in [-0.3, -0.25) is 9.59 Å². The molecule has 0 unspecified atom stereocenters. The topological polar surface area (TPSA) is 130 Å². The van der Waals surface area contributed by atoms with Gasteiger partial charge in [0, 0.05) is 12.6 Å². The van der Waals surface area contributed by atoms with Gasteiger partial charge in [0.2, 0.25) is 0 Å². The summed E-state index contributed by atoms with van der Waals surface area (Å²) in [6.07, 6.45) is 26.1. The molecule has 0 spiro atoms. The van der Waals surface area contributed by atoms with E-state index in [4.69, 9.17) is 16.2 Å². The van der Waals surface area contributed by atoms with E-state index in [1.165, 1.54) is 103 Å². The molecule has 1 atom stereocenters. The molecule has 40 heavy (non-hydrogen) atoms. The van der Waals surface area contributed by atoms with Crippen molar-refractivity contribution in [1.29, 1.82) is 0 Å². The number of Topliss-reactive ketones (excluding diaryl/α,β-unsaturated/α-hetero) is 1. The molecule has 0 aromatic carbocycles. The van der Waals surface area contributed by atoms with Crippen LogP contribution in [0, 0.1) is 5.92 Å². The zero-order valence-electron chi connectivity index (χ0n) is 25.8. The minimum atomic E-state index is -0.757. The van der Waals surface area contributed by atoms with Crippen molar-refractivity contribution in [1.82, 2.24) is 9.55 Å². The Kier molecular flexibility index (Phi) is 20.1. The molecule has 0 saturated carbocycles. The number of aromatic nitrogens is 2. The molecule has 0 radical (unpaired) electrons. The van der Waals surface area contributed by atoms with Gasteiger partial charge in [0.15, 0.2) is 12.5 Å².